The van der Waals surface area contributed by atoms with Gasteiger partial charge in [-0.2, -0.15) is 13.9 Å². The Hall–Kier alpha value is -3.67. The number of hydrogen-bond donors (Lipinski definition) is 2. The van der Waals surface area contributed by atoms with Gasteiger partial charge in [-0.3, -0.25) is 0 Å². The van der Waals surface area contributed by atoms with E-state index < -0.39 is 18.7 Å². The second kappa shape index (κ2) is 9.45. The zero-order valence-corrected chi connectivity index (χ0v) is 17.3. The van der Waals surface area contributed by atoms with Crippen LogP contribution in [0.5, 0.6) is 11.8 Å². The Kier molecular flexibility index (Phi) is 6.45. The number of rotatable bonds is 5. The number of aliphatic hydroxyl groups excluding tert-OH is 1. The molecule has 0 saturated carbocycles. The molecule has 5 rings (SSSR count). The van der Waals surface area contributed by atoms with Crippen molar-refractivity contribution in [3.8, 4) is 34.1 Å². The predicted molar refractivity (Wildman–Crippen MR) is 110 cm³/mol. The molecule has 0 fully saturated rings. The average molecular weight is 465 g/mol. The maximum Gasteiger partial charge on any atom is 0.388 e. The van der Waals surface area contributed by atoms with E-state index in [4.69, 9.17) is 9.84 Å². The normalized spacial score (nSPS) is 13.0. The molecule has 0 amide bonds. The van der Waals surface area contributed by atoms with E-state index in [2.05, 4.69) is 24.8 Å². The van der Waals surface area contributed by atoms with E-state index in [1.54, 1.807) is 18.2 Å². The second-order valence-corrected chi connectivity index (χ2v) is 6.80. The molecule has 8 nitrogen and oxygen atoms in total. The van der Waals surface area contributed by atoms with Gasteiger partial charge < -0.3 is 19.6 Å². The number of nitrogens with zero attached hydrogens (tertiary/aromatic N) is 4. The van der Waals surface area contributed by atoms with E-state index in [1.165, 1.54) is 23.1 Å². The van der Waals surface area contributed by atoms with E-state index in [0.29, 0.717) is 36.2 Å². The van der Waals surface area contributed by atoms with Crippen LogP contribution in [0, 0.1) is 0 Å². The minimum Gasteiger partial charge on any atom is -0.477 e. The van der Waals surface area contributed by atoms with Gasteiger partial charge in [-0.15, -0.1) is 0 Å². The van der Waals surface area contributed by atoms with Gasteiger partial charge in [0.1, 0.15) is 11.3 Å². The molecule has 1 aliphatic rings. The number of halogens is 4. The molecular weight excluding hydrogens is 446 g/mol. The smallest absolute Gasteiger partial charge is 0.388 e. The number of nitrogens with one attached hydrogen (secondary N) is 1. The molecule has 0 aromatic carbocycles. The van der Waals surface area contributed by atoms with Crippen LogP contribution in [0.25, 0.3) is 33.4 Å². The van der Waals surface area contributed by atoms with Crippen LogP contribution >= 0.6 is 0 Å². The summed E-state index contributed by atoms with van der Waals surface area (Å²) in [5.74, 6) is -0.140. The lowest BCUT2D eigenvalue weighted by Crippen LogP contribution is -2.15. The summed E-state index contributed by atoms with van der Waals surface area (Å²) >= 11 is 0. The summed E-state index contributed by atoms with van der Waals surface area (Å²) in [6.45, 7) is -2.33. The van der Waals surface area contributed by atoms with Crippen LogP contribution < -0.4 is 9.47 Å². The Morgan fingerprint density at radius 3 is 2.61 bits per heavy atom. The summed E-state index contributed by atoms with van der Waals surface area (Å²) in [5, 5.41) is 11.6. The molecule has 0 aliphatic carbocycles. The molecule has 33 heavy (non-hydrogen) atoms. The van der Waals surface area contributed by atoms with Crippen LogP contribution in [-0.2, 0) is 6.54 Å². The Labute approximate surface area is 184 Å². The van der Waals surface area contributed by atoms with Crippen molar-refractivity contribution in [2.24, 2.45) is 0 Å². The summed E-state index contributed by atoms with van der Waals surface area (Å²) in [6.07, 6.45) is 0.593. The van der Waals surface area contributed by atoms with Gasteiger partial charge in [-0.05, 0) is 24.3 Å². The van der Waals surface area contributed by atoms with Crippen molar-refractivity contribution in [1.29, 1.82) is 0 Å². The predicted octanol–water partition coefficient (Wildman–Crippen LogP) is 4.42. The highest BCUT2D eigenvalue weighted by Crippen LogP contribution is 2.47. The Bertz CT molecular complexity index is 1260. The SMILES string of the molecule is CO.FC(F)Oc1ncccc1-c1c(-c2c(C(F)F)nn3c2OCCC3)[nH]c2ncccc12. The highest BCUT2D eigenvalue weighted by Gasteiger charge is 2.32. The lowest BCUT2D eigenvalue weighted by Gasteiger charge is -2.16. The molecule has 4 aromatic rings. The highest BCUT2D eigenvalue weighted by atomic mass is 19.3. The molecule has 5 heterocycles. The molecule has 1 aliphatic heterocycles. The fourth-order valence-corrected chi connectivity index (χ4v) is 3.78. The molecule has 174 valence electrons. The van der Waals surface area contributed by atoms with Crippen LogP contribution in [0.1, 0.15) is 18.5 Å². The first kappa shape index (κ1) is 22.5. The third-order valence-corrected chi connectivity index (χ3v) is 4.95. The Morgan fingerprint density at radius 2 is 1.85 bits per heavy atom. The third kappa shape index (κ3) is 4.09. The number of aliphatic hydroxyl groups is 1. The summed E-state index contributed by atoms with van der Waals surface area (Å²) in [4.78, 5) is 11.2. The van der Waals surface area contributed by atoms with Gasteiger partial charge in [-0.1, -0.05) is 0 Å². The van der Waals surface area contributed by atoms with Gasteiger partial charge in [0.25, 0.3) is 6.43 Å². The minimum atomic E-state index is -3.11. The summed E-state index contributed by atoms with van der Waals surface area (Å²) in [6, 6.07) is 6.44. The first-order chi connectivity index (χ1) is 16.0. The Balaban J connectivity index is 0.00000126. The largest absolute Gasteiger partial charge is 0.477 e. The summed E-state index contributed by atoms with van der Waals surface area (Å²) in [7, 11) is 1.00. The van der Waals surface area contributed by atoms with Crippen molar-refractivity contribution in [1.82, 2.24) is 24.7 Å². The summed E-state index contributed by atoms with van der Waals surface area (Å²) < 4.78 is 65.6. The molecule has 0 spiro atoms. The number of pyridine rings is 2. The van der Waals surface area contributed by atoms with Crippen molar-refractivity contribution < 1.29 is 32.1 Å². The fourth-order valence-electron chi connectivity index (χ4n) is 3.78. The molecule has 0 atom stereocenters. The van der Waals surface area contributed by atoms with Crippen LogP contribution in [0.2, 0.25) is 0 Å². The molecule has 0 unspecified atom stereocenters. The topological polar surface area (TPSA) is 98.1 Å². The van der Waals surface area contributed by atoms with Gasteiger partial charge in [0.15, 0.2) is 0 Å². The van der Waals surface area contributed by atoms with Crippen molar-refractivity contribution >= 4 is 11.0 Å². The zero-order valence-electron chi connectivity index (χ0n) is 17.3. The van der Waals surface area contributed by atoms with Crippen LogP contribution in [0.4, 0.5) is 17.6 Å². The van der Waals surface area contributed by atoms with Gasteiger partial charge >= 0.3 is 6.61 Å². The number of ether oxygens (including phenoxy) is 2. The van der Waals surface area contributed by atoms with Crippen molar-refractivity contribution in [3.63, 3.8) is 0 Å². The Morgan fingerprint density at radius 1 is 1.09 bits per heavy atom. The van der Waals surface area contributed by atoms with E-state index in [9.17, 15) is 17.6 Å². The number of hydrogen-bond acceptors (Lipinski definition) is 6. The number of H-pyrrole nitrogens is 1. The molecule has 0 bridgehead atoms. The molecule has 0 saturated heterocycles. The van der Waals surface area contributed by atoms with Crippen LogP contribution in [-0.4, -0.2) is 50.2 Å². The lowest BCUT2D eigenvalue weighted by atomic mass is 9.99. The first-order valence-electron chi connectivity index (χ1n) is 9.88. The lowest BCUT2D eigenvalue weighted by molar-refractivity contribution is -0.0524. The number of aromatic nitrogens is 5. The number of fused-ring (bicyclic) bond motifs is 2. The summed E-state index contributed by atoms with van der Waals surface area (Å²) in [5.41, 5.74) is 0.751. The molecular formula is C21H19F4N5O3. The maximum absolute atomic E-state index is 13.9. The number of aromatic amines is 1. The molecule has 4 aromatic heterocycles. The number of alkyl halides is 4. The minimum absolute atomic E-state index is 0.0644. The zero-order chi connectivity index (χ0) is 23.5. The monoisotopic (exact) mass is 465 g/mol. The molecule has 2 N–H and O–H groups in total. The van der Waals surface area contributed by atoms with Crippen molar-refractivity contribution in [2.75, 3.05) is 13.7 Å². The fraction of sp³-hybridized carbons (Fsp3) is 0.286. The second-order valence-electron chi connectivity index (χ2n) is 6.80. The highest BCUT2D eigenvalue weighted by molar-refractivity contribution is 6.04. The van der Waals surface area contributed by atoms with E-state index in [0.717, 1.165) is 7.11 Å². The van der Waals surface area contributed by atoms with Gasteiger partial charge in [0.05, 0.1) is 17.9 Å². The third-order valence-electron chi connectivity index (χ3n) is 4.95. The first-order valence-corrected chi connectivity index (χ1v) is 9.88. The van der Waals surface area contributed by atoms with E-state index in [-0.39, 0.29) is 28.6 Å². The standard InChI is InChI=1S/C20H15F4N5O2.CH4O/c21-16(22)15-13(19-29(28-15)8-3-9-30-19)14-12(10-4-1-6-25-17(10)27-14)11-5-2-7-26-18(11)31-20(23)24;1-2/h1-2,4-7,16,20H,3,8-9H2,(H,25,27);2H,1H3. The maximum atomic E-state index is 13.9. The van der Waals surface area contributed by atoms with E-state index in [1.807, 2.05) is 0 Å². The average Bonchev–Trinajstić information content (AvgIpc) is 3.39. The van der Waals surface area contributed by atoms with Crippen molar-refractivity contribution in [3.05, 3.63) is 42.4 Å². The van der Waals surface area contributed by atoms with Gasteiger partial charge in [0, 0.05) is 49.0 Å². The van der Waals surface area contributed by atoms with Gasteiger partial charge in [-0.25, -0.2) is 23.4 Å². The molecule has 12 heteroatoms. The van der Waals surface area contributed by atoms with Crippen molar-refractivity contribution in [2.45, 2.75) is 26.0 Å². The molecule has 0 radical (unpaired) electrons. The number of aryl methyl sites for hydroxylation is 1. The van der Waals surface area contributed by atoms with Crippen LogP contribution in [0.3, 0.4) is 0 Å². The quantitative estimate of drug-likeness (QED) is 0.424. The van der Waals surface area contributed by atoms with E-state index >= 15 is 0 Å². The van der Waals surface area contributed by atoms with Gasteiger partial charge in [0.2, 0.25) is 11.8 Å². The van der Waals surface area contributed by atoms with Crippen LogP contribution in [0.15, 0.2) is 36.7 Å².